The highest BCUT2D eigenvalue weighted by atomic mass is 14.8. The average Bonchev–Trinajstić information content (AvgIpc) is 2.53. The minimum Gasteiger partial charge on any atom is -0.319 e. The highest BCUT2D eigenvalue weighted by Gasteiger charge is 2.15. The summed E-state index contributed by atoms with van der Waals surface area (Å²) in [7, 11) is 2.00. The Morgan fingerprint density at radius 1 is 0.950 bits per heavy atom. The Morgan fingerprint density at radius 2 is 1.70 bits per heavy atom. The van der Waals surface area contributed by atoms with Crippen LogP contribution < -0.4 is 5.32 Å². The third-order valence-corrected chi connectivity index (χ3v) is 3.72. The molecule has 0 fully saturated rings. The van der Waals surface area contributed by atoms with E-state index in [1.807, 2.05) is 19.4 Å². The van der Waals surface area contributed by atoms with Gasteiger partial charge in [-0.3, -0.25) is 4.98 Å². The fraction of sp³-hybridized carbons (Fsp3) is 0.167. The summed E-state index contributed by atoms with van der Waals surface area (Å²) in [6.45, 7) is 0.915. The zero-order chi connectivity index (χ0) is 13.8. The lowest BCUT2D eigenvalue weighted by Crippen LogP contribution is -2.18. The molecule has 100 valence electrons. The van der Waals surface area contributed by atoms with Gasteiger partial charge in [0.25, 0.3) is 0 Å². The van der Waals surface area contributed by atoms with Gasteiger partial charge in [-0.2, -0.15) is 0 Å². The molecule has 1 N–H and O–H groups in total. The largest absolute Gasteiger partial charge is 0.319 e. The first-order valence-electron chi connectivity index (χ1n) is 6.92. The van der Waals surface area contributed by atoms with E-state index in [0.29, 0.717) is 5.92 Å². The van der Waals surface area contributed by atoms with Crippen molar-refractivity contribution < 1.29 is 0 Å². The van der Waals surface area contributed by atoms with Crippen LogP contribution in [0.5, 0.6) is 0 Å². The van der Waals surface area contributed by atoms with Gasteiger partial charge in [-0.05, 0) is 41.1 Å². The van der Waals surface area contributed by atoms with Gasteiger partial charge in [0.15, 0.2) is 0 Å². The van der Waals surface area contributed by atoms with Gasteiger partial charge in [0.1, 0.15) is 0 Å². The van der Waals surface area contributed by atoms with E-state index in [1.54, 1.807) is 0 Å². The molecule has 20 heavy (non-hydrogen) atoms. The molecule has 0 amide bonds. The Balaban J connectivity index is 2.15. The van der Waals surface area contributed by atoms with E-state index < -0.39 is 0 Å². The van der Waals surface area contributed by atoms with E-state index in [1.165, 1.54) is 21.9 Å². The van der Waals surface area contributed by atoms with Crippen molar-refractivity contribution in [2.45, 2.75) is 5.92 Å². The van der Waals surface area contributed by atoms with Crippen LogP contribution in [0.15, 0.2) is 67.0 Å². The molecule has 1 unspecified atom stereocenters. The summed E-state index contributed by atoms with van der Waals surface area (Å²) in [5.74, 6) is 0.342. The van der Waals surface area contributed by atoms with E-state index in [2.05, 4.69) is 64.9 Å². The first-order valence-corrected chi connectivity index (χ1v) is 6.92. The smallest absolute Gasteiger partial charge is 0.0270 e. The van der Waals surface area contributed by atoms with Gasteiger partial charge in [0.2, 0.25) is 0 Å². The van der Waals surface area contributed by atoms with Crippen LogP contribution >= 0.6 is 0 Å². The third kappa shape index (κ3) is 2.43. The van der Waals surface area contributed by atoms with Gasteiger partial charge < -0.3 is 5.32 Å². The Labute approximate surface area is 119 Å². The quantitative estimate of drug-likeness (QED) is 0.777. The maximum absolute atomic E-state index is 4.12. The van der Waals surface area contributed by atoms with Crippen molar-refractivity contribution in [1.82, 2.24) is 10.3 Å². The Morgan fingerprint density at radius 3 is 2.50 bits per heavy atom. The molecule has 3 rings (SSSR count). The van der Waals surface area contributed by atoms with Gasteiger partial charge >= 0.3 is 0 Å². The van der Waals surface area contributed by atoms with Crippen molar-refractivity contribution in [3.8, 4) is 0 Å². The van der Waals surface area contributed by atoms with E-state index in [4.69, 9.17) is 0 Å². The number of nitrogens with zero attached hydrogens (tertiary/aromatic N) is 1. The predicted octanol–water partition coefficient (Wildman–Crippen LogP) is 3.59. The van der Waals surface area contributed by atoms with Crippen LogP contribution in [0.4, 0.5) is 0 Å². The van der Waals surface area contributed by atoms with Crippen molar-refractivity contribution in [3.05, 3.63) is 78.1 Å². The molecule has 2 nitrogen and oxygen atoms in total. The predicted molar refractivity (Wildman–Crippen MR) is 84.0 cm³/mol. The zero-order valence-corrected chi connectivity index (χ0v) is 11.6. The van der Waals surface area contributed by atoms with Crippen LogP contribution in [-0.2, 0) is 0 Å². The number of rotatable bonds is 4. The molecule has 0 aliphatic rings. The first kappa shape index (κ1) is 12.8. The molecule has 0 spiro atoms. The molecular weight excluding hydrogens is 244 g/mol. The molecule has 0 aliphatic heterocycles. The fourth-order valence-corrected chi connectivity index (χ4v) is 2.76. The molecule has 0 bridgehead atoms. The molecule has 1 heterocycles. The maximum Gasteiger partial charge on any atom is 0.0270 e. The number of pyridine rings is 1. The number of hydrogen-bond donors (Lipinski definition) is 1. The van der Waals surface area contributed by atoms with E-state index >= 15 is 0 Å². The summed E-state index contributed by atoms with van der Waals surface area (Å²) < 4.78 is 0. The van der Waals surface area contributed by atoms with Crippen molar-refractivity contribution in [1.29, 1.82) is 0 Å². The van der Waals surface area contributed by atoms with Crippen molar-refractivity contribution in [3.63, 3.8) is 0 Å². The topological polar surface area (TPSA) is 24.9 Å². The molecule has 0 saturated heterocycles. The lowest BCUT2D eigenvalue weighted by atomic mass is 9.88. The van der Waals surface area contributed by atoms with Gasteiger partial charge in [0, 0.05) is 24.9 Å². The highest BCUT2D eigenvalue weighted by molar-refractivity contribution is 5.86. The van der Waals surface area contributed by atoms with Crippen LogP contribution in [0, 0.1) is 0 Å². The number of aromatic nitrogens is 1. The average molecular weight is 262 g/mol. The maximum atomic E-state index is 4.12. The fourth-order valence-electron chi connectivity index (χ4n) is 2.76. The van der Waals surface area contributed by atoms with Gasteiger partial charge in [-0.1, -0.05) is 42.5 Å². The Kier molecular flexibility index (Phi) is 3.75. The summed E-state index contributed by atoms with van der Waals surface area (Å²) in [5.41, 5.74) is 2.66. The van der Waals surface area contributed by atoms with Gasteiger partial charge in [-0.25, -0.2) is 0 Å². The highest BCUT2D eigenvalue weighted by Crippen LogP contribution is 2.30. The SMILES string of the molecule is CNCC(c1ccncc1)c1cccc2ccccc12. The standard InChI is InChI=1S/C18H18N2/c1-19-13-18(15-9-11-20-12-10-15)17-8-4-6-14-5-2-3-7-16(14)17/h2-12,18-19H,13H2,1H3. The summed E-state index contributed by atoms with van der Waals surface area (Å²) in [5, 5.41) is 5.93. The molecule has 0 aliphatic carbocycles. The number of benzene rings is 2. The molecule has 0 radical (unpaired) electrons. The lowest BCUT2D eigenvalue weighted by molar-refractivity contribution is 0.711. The lowest BCUT2D eigenvalue weighted by Gasteiger charge is -2.19. The van der Waals surface area contributed by atoms with Crippen LogP contribution in [0.2, 0.25) is 0 Å². The number of nitrogens with one attached hydrogen (secondary N) is 1. The monoisotopic (exact) mass is 262 g/mol. The normalized spacial score (nSPS) is 12.4. The van der Waals surface area contributed by atoms with E-state index in [9.17, 15) is 0 Å². The summed E-state index contributed by atoms with van der Waals surface area (Å²) in [6, 6.07) is 19.3. The van der Waals surface area contributed by atoms with E-state index in [0.717, 1.165) is 6.54 Å². The minimum absolute atomic E-state index is 0.342. The van der Waals surface area contributed by atoms with Crippen molar-refractivity contribution in [2.75, 3.05) is 13.6 Å². The summed E-state index contributed by atoms with van der Waals surface area (Å²) in [6.07, 6.45) is 3.73. The number of hydrogen-bond acceptors (Lipinski definition) is 2. The second kappa shape index (κ2) is 5.85. The Bertz CT molecular complexity index is 687. The van der Waals surface area contributed by atoms with Crippen molar-refractivity contribution >= 4 is 10.8 Å². The van der Waals surface area contributed by atoms with Gasteiger partial charge in [-0.15, -0.1) is 0 Å². The van der Waals surface area contributed by atoms with Crippen LogP contribution in [0.3, 0.4) is 0 Å². The Hall–Kier alpha value is -2.19. The summed E-state index contributed by atoms with van der Waals surface area (Å²) in [4.78, 5) is 4.12. The van der Waals surface area contributed by atoms with Crippen LogP contribution in [0.25, 0.3) is 10.8 Å². The number of likely N-dealkylation sites (N-methyl/N-ethyl adjacent to an activating group) is 1. The molecule has 2 aromatic carbocycles. The molecule has 3 aromatic rings. The summed E-state index contributed by atoms with van der Waals surface area (Å²) >= 11 is 0. The van der Waals surface area contributed by atoms with E-state index in [-0.39, 0.29) is 0 Å². The van der Waals surface area contributed by atoms with Crippen LogP contribution in [0.1, 0.15) is 17.0 Å². The molecule has 1 atom stereocenters. The second-order valence-electron chi connectivity index (χ2n) is 4.96. The molecule has 2 heteroatoms. The van der Waals surface area contributed by atoms with Crippen LogP contribution in [-0.4, -0.2) is 18.6 Å². The minimum atomic E-state index is 0.342. The molecular formula is C18H18N2. The number of fused-ring (bicyclic) bond motifs is 1. The molecule has 0 saturated carbocycles. The first-order chi connectivity index (χ1) is 9.90. The third-order valence-electron chi connectivity index (χ3n) is 3.72. The molecule has 1 aromatic heterocycles. The zero-order valence-electron chi connectivity index (χ0n) is 11.6. The second-order valence-corrected chi connectivity index (χ2v) is 4.96. The van der Waals surface area contributed by atoms with Crippen molar-refractivity contribution in [2.24, 2.45) is 0 Å². The van der Waals surface area contributed by atoms with Gasteiger partial charge in [0.05, 0.1) is 0 Å².